The van der Waals surface area contributed by atoms with E-state index in [1.54, 1.807) is 0 Å². The Balaban J connectivity index is 1.67. The second-order valence-corrected chi connectivity index (χ2v) is 8.37. The first-order valence-electron chi connectivity index (χ1n) is 11.5. The minimum atomic E-state index is -4.42. The van der Waals surface area contributed by atoms with Crippen LogP contribution >= 0.6 is 0 Å². The maximum absolute atomic E-state index is 12.9. The molecule has 0 saturated heterocycles. The predicted octanol–water partition coefficient (Wildman–Crippen LogP) is 8.42. The number of hydrogen-bond acceptors (Lipinski definition) is 1. The highest BCUT2D eigenvalue weighted by Crippen LogP contribution is 2.30. The van der Waals surface area contributed by atoms with Crippen molar-refractivity contribution >= 4 is 5.78 Å². The molecule has 0 amide bonds. The number of benzene rings is 3. The van der Waals surface area contributed by atoms with Crippen molar-refractivity contribution < 1.29 is 18.0 Å². The van der Waals surface area contributed by atoms with Crippen LogP contribution in [0.1, 0.15) is 52.7 Å². The summed E-state index contributed by atoms with van der Waals surface area (Å²) in [4.78, 5) is 12.9. The molecule has 0 unspecified atom stereocenters. The van der Waals surface area contributed by atoms with Gasteiger partial charge in [-0.1, -0.05) is 91.0 Å². The second kappa shape index (κ2) is 12.2. The molecule has 0 aliphatic heterocycles. The molecular formula is C30H29F3O. The Kier molecular flexibility index (Phi) is 9.03. The van der Waals surface area contributed by atoms with E-state index in [1.165, 1.54) is 23.3 Å². The average Bonchev–Trinajstić information content (AvgIpc) is 2.84. The Labute approximate surface area is 199 Å². The van der Waals surface area contributed by atoms with Gasteiger partial charge in [0.2, 0.25) is 0 Å². The van der Waals surface area contributed by atoms with Gasteiger partial charge in [-0.05, 0) is 60.9 Å². The maximum Gasteiger partial charge on any atom is 0.416 e. The van der Waals surface area contributed by atoms with Gasteiger partial charge in [-0.3, -0.25) is 4.79 Å². The van der Waals surface area contributed by atoms with Crippen molar-refractivity contribution in [2.24, 2.45) is 0 Å². The third kappa shape index (κ3) is 7.87. The summed E-state index contributed by atoms with van der Waals surface area (Å²) in [5.41, 5.74) is 3.76. The van der Waals surface area contributed by atoms with Gasteiger partial charge < -0.3 is 0 Å². The number of hydrogen-bond donors (Lipinski definition) is 0. The zero-order chi connectivity index (χ0) is 24.4. The van der Waals surface area contributed by atoms with E-state index in [9.17, 15) is 18.0 Å². The van der Waals surface area contributed by atoms with Crippen LogP contribution in [0.3, 0.4) is 0 Å². The first kappa shape index (κ1) is 25.2. The van der Waals surface area contributed by atoms with Crippen LogP contribution in [-0.4, -0.2) is 5.78 Å². The molecule has 0 spiro atoms. The monoisotopic (exact) mass is 462 g/mol. The van der Waals surface area contributed by atoms with Crippen molar-refractivity contribution in [3.63, 3.8) is 0 Å². The van der Waals surface area contributed by atoms with Crippen LogP contribution in [0, 0.1) is 0 Å². The van der Waals surface area contributed by atoms with Gasteiger partial charge in [0.15, 0.2) is 5.78 Å². The number of carbonyl (C=O) groups excluding carboxylic acids is 1. The molecule has 0 heterocycles. The normalized spacial score (nSPS) is 11.9. The fraction of sp³-hybridized carbons (Fsp3) is 0.233. The molecule has 0 aliphatic rings. The number of carbonyl (C=O) groups is 1. The lowest BCUT2D eigenvalue weighted by Crippen LogP contribution is -2.07. The maximum atomic E-state index is 12.9. The van der Waals surface area contributed by atoms with Crippen LogP contribution in [0.2, 0.25) is 0 Å². The molecule has 0 N–H and O–H groups in total. The first-order chi connectivity index (χ1) is 16.3. The van der Waals surface area contributed by atoms with Crippen molar-refractivity contribution in [3.8, 4) is 0 Å². The summed E-state index contributed by atoms with van der Waals surface area (Å²) in [7, 11) is 0. The van der Waals surface area contributed by atoms with Crippen LogP contribution in [0.4, 0.5) is 13.2 Å². The Morgan fingerprint density at radius 3 is 1.91 bits per heavy atom. The number of Topliss-reactive ketones (excluding diaryl/α,β-unsaturated/α-hetero) is 1. The quantitative estimate of drug-likeness (QED) is 0.206. The van der Waals surface area contributed by atoms with Crippen LogP contribution < -0.4 is 0 Å². The number of rotatable bonds is 11. The summed E-state index contributed by atoms with van der Waals surface area (Å²) < 4.78 is 38.6. The molecule has 3 aromatic rings. The second-order valence-electron chi connectivity index (χ2n) is 8.37. The van der Waals surface area contributed by atoms with Crippen molar-refractivity contribution in [2.75, 3.05) is 0 Å². The van der Waals surface area contributed by atoms with Crippen LogP contribution in [0.25, 0.3) is 0 Å². The third-order valence-corrected chi connectivity index (χ3v) is 5.79. The van der Waals surface area contributed by atoms with Crippen molar-refractivity contribution in [2.45, 2.75) is 44.7 Å². The summed E-state index contributed by atoms with van der Waals surface area (Å²) >= 11 is 0. The molecule has 0 saturated carbocycles. The fourth-order valence-corrected chi connectivity index (χ4v) is 3.83. The van der Waals surface area contributed by atoms with Gasteiger partial charge in [-0.25, -0.2) is 0 Å². The molecule has 3 rings (SSSR count). The van der Waals surface area contributed by atoms with Gasteiger partial charge in [0, 0.05) is 12.0 Å². The van der Waals surface area contributed by atoms with Crippen LogP contribution in [-0.2, 0) is 19.0 Å². The highest BCUT2D eigenvalue weighted by molar-refractivity contribution is 5.98. The molecule has 34 heavy (non-hydrogen) atoms. The van der Waals surface area contributed by atoms with Crippen molar-refractivity contribution in [1.29, 1.82) is 0 Å². The summed E-state index contributed by atoms with van der Waals surface area (Å²) in [5, 5.41) is 0. The highest BCUT2D eigenvalue weighted by Gasteiger charge is 2.30. The smallest absolute Gasteiger partial charge is 0.294 e. The minimum Gasteiger partial charge on any atom is -0.294 e. The number of halogens is 3. The molecule has 1 nitrogen and oxygen atoms in total. The number of alkyl halides is 3. The summed E-state index contributed by atoms with van der Waals surface area (Å²) in [5.74, 6) is -0.205. The van der Waals surface area contributed by atoms with E-state index >= 15 is 0 Å². The summed E-state index contributed by atoms with van der Waals surface area (Å²) in [6.07, 6.45) is 1.96. The van der Waals surface area contributed by atoms with Gasteiger partial charge in [-0.2, -0.15) is 13.2 Å². The van der Waals surface area contributed by atoms with E-state index in [1.807, 2.05) is 36.4 Å². The largest absolute Gasteiger partial charge is 0.416 e. The molecule has 3 aromatic carbocycles. The van der Waals surface area contributed by atoms with Crippen molar-refractivity contribution in [3.05, 3.63) is 131 Å². The molecule has 0 radical (unpaired) electrons. The molecule has 0 fully saturated rings. The Bertz CT molecular complexity index is 1100. The lowest BCUT2D eigenvalue weighted by molar-refractivity contribution is -0.137. The van der Waals surface area contributed by atoms with Gasteiger partial charge in [0.1, 0.15) is 0 Å². The number of aryl methyl sites for hydroxylation is 2. The van der Waals surface area contributed by atoms with Gasteiger partial charge in [0.05, 0.1) is 5.56 Å². The van der Waals surface area contributed by atoms with Crippen LogP contribution in [0.15, 0.2) is 109 Å². The molecule has 0 bridgehead atoms. The van der Waals surface area contributed by atoms with Crippen LogP contribution in [0.5, 0.6) is 0 Å². The Morgan fingerprint density at radius 1 is 0.794 bits per heavy atom. The molecule has 4 heteroatoms. The lowest BCUT2D eigenvalue weighted by Gasteiger charge is -2.12. The van der Waals surface area contributed by atoms with E-state index in [2.05, 4.69) is 36.9 Å². The predicted molar refractivity (Wildman–Crippen MR) is 132 cm³/mol. The van der Waals surface area contributed by atoms with E-state index in [4.69, 9.17) is 0 Å². The fourth-order valence-electron chi connectivity index (χ4n) is 3.83. The zero-order valence-electron chi connectivity index (χ0n) is 19.2. The Morgan fingerprint density at radius 2 is 1.35 bits per heavy atom. The first-order valence-corrected chi connectivity index (χ1v) is 11.5. The van der Waals surface area contributed by atoms with Gasteiger partial charge in [0.25, 0.3) is 0 Å². The average molecular weight is 463 g/mol. The van der Waals surface area contributed by atoms with E-state index < -0.39 is 11.7 Å². The SMILES string of the molecule is C=C(CCCc1ccccc1)/C(=C/CCc1ccccc1)CC(=O)c1ccc(C(F)(F)F)cc1. The topological polar surface area (TPSA) is 17.1 Å². The Hall–Kier alpha value is -3.40. The minimum absolute atomic E-state index is 0.129. The van der Waals surface area contributed by atoms with E-state index in [0.717, 1.165) is 55.4 Å². The molecule has 0 aromatic heterocycles. The van der Waals surface area contributed by atoms with E-state index in [0.29, 0.717) is 0 Å². The molecule has 0 aliphatic carbocycles. The van der Waals surface area contributed by atoms with E-state index in [-0.39, 0.29) is 17.8 Å². The highest BCUT2D eigenvalue weighted by atomic mass is 19.4. The molecule has 0 atom stereocenters. The number of ketones is 1. The number of allylic oxidation sites excluding steroid dienone is 3. The zero-order valence-corrected chi connectivity index (χ0v) is 19.2. The van der Waals surface area contributed by atoms with Gasteiger partial charge in [-0.15, -0.1) is 0 Å². The van der Waals surface area contributed by atoms with Gasteiger partial charge >= 0.3 is 6.18 Å². The lowest BCUT2D eigenvalue weighted by atomic mass is 9.92. The van der Waals surface area contributed by atoms with Crippen molar-refractivity contribution in [1.82, 2.24) is 0 Å². The molecule has 176 valence electrons. The standard InChI is InChI=1S/C30H29F3O/c1-23(10-8-15-24-11-4-2-5-12-24)27(17-9-16-25-13-6-3-7-14-25)22-29(34)26-18-20-28(21-19-26)30(31,32)33/h2-7,11-14,17-21H,1,8-10,15-16,22H2/b27-17+. The third-order valence-electron chi connectivity index (χ3n) is 5.79. The summed E-state index contributed by atoms with van der Waals surface area (Å²) in [6.45, 7) is 4.24. The molecular weight excluding hydrogens is 433 g/mol. The summed E-state index contributed by atoms with van der Waals surface area (Å²) in [6, 6.07) is 24.7.